The van der Waals surface area contributed by atoms with Crippen LogP contribution in [-0.4, -0.2) is 41.1 Å². The van der Waals surface area contributed by atoms with Crippen LogP contribution in [-0.2, 0) is 9.59 Å². The number of hydrogen-bond acceptors (Lipinski definition) is 3. The van der Waals surface area contributed by atoms with Crippen LogP contribution in [0.1, 0.15) is 57.8 Å². The van der Waals surface area contributed by atoms with E-state index >= 15 is 0 Å². The minimum atomic E-state index is -0.978. The van der Waals surface area contributed by atoms with Crippen LogP contribution in [0.3, 0.4) is 0 Å². The van der Waals surface area contributed by atoms with E-state index in [-0.39, 0.29) is 36.4 Å². The molecule has 4 bridgehead atoms. The summed E-state index contributed by atoms with van der Waals surface area (Å²) >= 11 is 0. The molecule has 3 amide bonds. The number of carbonyl (C=O) groups excluding carboxylic acids is 2. The third kappa shape index (κ3) is 3.81. The molecular formula is C19H29N3O4. The normalized spacial score (nSPS) is 35.6. The van der Waals surface area contributed by atoms with Crippen LogP contribution < -0.4 is 16.0 Å². The molecule has 144 valence electrons. The Morgan fingerprint density at radius 2 is 1.58 bits per heavy atom. The van der Waals surface area contributed by atoms with Crippen molar-refractivity contribution in [1.29, 1.82) is 0 Å². The Bertz CT molecular complexity index is 566. The molecule has 5 fully saturated rings. The number of aliphatic carboxylic acids is 1. The number of rotatable bonds is 7. The van der Waals surface area contributed by atoms with Crippen molar-refractivity contribution in [2.75, 3.05) is 6.54 Å². The molecule has 0 spiro atoms. The van der Waals surface area contributed by atoms with Crippen molar-refractivity contribution in [3.05, 3.63) is 0 Å². The highest BCUT2D eigenvalue weighted by molar-refractivity contribution is 5.84. The highest BCUT2D eigenvalue weighted by atomic mass is 16.4. The van der Waals surface area contributed by atoms with Crippen molar-refractivity contribution < 1.29 is 19.5 Å². The molecule has 26 heavy (non-hydrogen) atoms. The summed E-state index contributed by atoms with van der Waals surface area (Å²) < 4.78 is 0. The van der Waals surface area contributed by atoms with Crippen molar-refractivity contribution in [3.8, 4) is 0 Å². The fourth-order valence-corrected chi connectivity index (χ4v) is 5.89. The third-order valence-electron chi connectivity index (χ3n) is 6.73. The zero-order valence-electron chi connectivity index (χ0n) is 15.1. The minimum absolute atomic E-state index is 0.0402. The second-order valence-electron chi connectivity index (χ2n) is 9.05. The van der Waals surface area contributed by atoms with E-state index in [0.29, 0.717) is 0 Å². The van der Waals surface area contributed by atoms with Gasteiger partial charge in [-0.15, -0.1) is 0 Å². The summed E-state index contributed by atoms with van der Waals surface area (Å²) in [5.74, 6) is 1.06. The molecule has 5 saturated carbocycles. The number of carboxylic acid groups (broad SMARTS) is 1. The number of carbonyl (C=O) groups is 3. The lowest BCUT2D eigenvalue weighted by Gasteiger charge is -2.56. The first-order valence-corrected chi connectivity index (χ1v) is 10.0. The quantitative estimate of drug-likeness (QED) is 0.551. The predicted molar refractivity (Wildman–Crippen MR) is 94.3 cm³/mol. The minimum Gasteiger partial charge on any atom is -0.480 e. The molecule has 0 aliphatic heterocycles. The van der Waals surface area contributed by atoms with E-state index in [2.05, 4.69) is 16.0 Å². The number of nitrogens with one attached hydrogen (secondary N) is 3. The SMILES string of the molecule is O=C(CCNC(=O)NC12CC3CC(CC(C3)C1)C2)NC(C(=O)O)C1CC1. The molecule has 1 unspecified atom stereocenters. The first-order chi connectivity index (χ1) is 12.4. The van der Waals surface area contributed by atoms with Gasteiger partial charge in [0, 0.05) is 18.5 Å². The van der Waals surface area contributed by atoms with Gasteiger partial charge in [0.15, 0.2) is 0 Å². The van der Waals surface area contributed by atoms with Crippen LogP contribution in [0, 0.1) is 23.7 Å². The summed E-state index contributed by atoms with van der Waals surface area (Å²) in [5, 5.41) is 17.7. The standard InChI is InChI=1S/C19H29N3O4/c23-15(21-16(17(24)25)14-1-2-14)3-4-20-18(26)22-19-8-11-5-12(9-19)7-13(6-11)10-19/h11-14,16H,1-10H2,(H,21,23)(H,24,25)(H2,20,22,26). The molecule has 7 heteroatoms. The Balaban J connectivity index is 1.20. The summed E-state index contributed by atoms with van der Waals surface area (Å²) in [4.78, 5) is 35.4. The molecule has 5 aliphatic rings. The number of carboxylic acids is 1. The first-order valence-electron chi connectivity index (χ1n) is 10.0. The molecule has 5 aliphatic carbocycles. The Kier molecular flexibility index (Phi) is 4.57. The lowest BCUT2D eigenvalue weighted by Crippen LogP contribution is -2.61. The number of hydrogen-bond donors (Lipinski definition) is 4. The summed E-state index contributed by atoms with van der Waals surface area (Å²) in [6.45, 7) is 0.223. The Labute approximate surface area is 153 Å². The van der Waals surface area contributed by atoms with Crippen LogP contribution in [0.25, 0.3) is 0 Å². The van der Waals surface area contributed by atoms with Gasteiger partial charge in [0.05, 0.1) is 0 Å². The van der Waals surface area contributed by atoms with E-state index in [4.69, 9.17) is 5.11 Å². The summed E-state index contributed by atoms with van der Waals surface area (Å²) in [6, 6.07) is -0.986. The van der Waals surface area contributed by atoms with E-state index in [1.807, 2.05) is 0 Å². The van der Waals surface area contributed by atoms with Gasteiger partial charge in [0.2, 0.25) is 5.91 Å². The molecule has 5 rings (SSSR count). The van der Waals surface area contributed by atoms with Gasteiger partial charge in [0.25, 0.3) is 0 Å². The van der Waals surface area contributed by atoms with Crippen LogP contribution in [0.15, 0.2) is 0 Å². The summed E-state index contributed by atoms with van der Waals surface area (Å²) in [6.07, 6.45) is 9.06. The highest BCUT2D eigenvalue weighted by Gasteiger charge is 2.51. The lowest BCUT2D eigenvalue weighted by atomic mass is 9.53. The van der Waals surface area contributed by atoms with Gasteiger partial charge >= 0.3 is 12.0 Å². The van der Waals surface area contributed by atoms with E-state index in [1.165, 1.54) is 19.3 Å². The lowest BCUT2D eigenvalue weighted by molar-refractivity contribution is -0.142. The molecule has 0 aromatic heterocycles. The maximum Gasteiger partial charge on any atom is 0.326 e. The summed E-state index contributed by atoms with van der Waals surface area (Å²) in [5.41, 5.74) is -0.0402. The van der Waals surface area contributed by atoms with Crippen LogP contribution >= 0.6 is 0 Å². The monoisotopic (exact) mass is 363 g/mol. The average Bonchev–Trinajstić information content (AvgIpc) is 3.35. The topological polar surface area (TPSA) is 108 Å². The van der Waals surface area contributed by atoms with Crippen LogP contribution in [0.2, 0.25) is 0 Å². The van der Waals surface area contributed by atoms with Crippen LogP contribution in [0.4, 0.5) is 4.79 Å². The number of urea groups is 1. The zero-order valence-corrected chi connectivity index (χ0v) is 15.1. The first kappa shape index (κ1) is 17.6. The molecule has 0 saturated heterocycles. The smallest absolute Gasteiger partial charge is 0.326 e. The Morgan fingerprint density at radius 3 is 2.08 bits per heavy atom. The molecule has 4 N–H and O–H groups in total. The van der Waals surface area contributed by atoms with Crippen LogP contribution in [0.5, 0.6) is 0 Å². The van der Waals surface area contributed by atoms with Crippen molar-refractivity contribution in [2.24, 2.45) is 23.7 Å². The van der Waals surface area contributed by atoms with Crippen molar-refractivity contribution in [1.82, 2.24) is 16.0 Å². The average molecular weight is 363 g/mol. The fraction of sp³-hybridized carbons (Fsp3) is 0.842. The largest absolute Gasteiger partial charge is 0.480 e. The van der Waals surface area contributed by atoms with Gasteiger partial charge < -0.3 is 21.1 Å². The Hall–Kier alpha value is -1.79. The molecule has 0 aromatic carbocycles. The number of amides is 3. The molecule has 0 heterocycles. The second-order valence-corrected chi connectivity index (χ2v) is 9.05. The highest BCUT2D eigenvalue weighted by Crippen LogP contribution is 2.55. The van der Waals surface area contributed by atoms with Gasteiger partial charge in [-0.25, -0.2) is 9.59 Å². The molecule has 7 nitrogen and oxygen atoms in total. The van der Waals surface area contributed by atoms with Gasteiger partial charge in [-0.3, -0.25) is 4.79 Å². The van der Waals surface area contributed by atoms with Gasteiger partial charge in [-0.1, -0.05) is 0 Å². The van der Waals surface area contributed by atoms with Crippen molar-refractivity contribution in [3.63, 3.8) is 0 Å². The predicted octanol–water partition coefficient (Wildman–Crippen LogP) is 1.62. The van der Waals surface area contributed by atoms with E-state index < -0.39 is 12.0 Å². The molecule has 0 aromatic rings. The molecule has 0 radical (unpaired) electrons. The van der Waals surface area contributed by atoms with Crippen molar-refractivity contribution >= 4 is 17.9 Å². The van der Waals surface area contributed by atoms with Crippen molar-refractivity contribution in [2.45, 2.75) is 69.4 Å². The van der Waals surface area contributed by atoms with Gasteiger partial charge in [-0.05, 0) is 75.0 Å². The van der Waals surface area contributed by atoms with E-state index in [9.17, 15) is 14.4 Å². The zero-order chi connectivity index (χ0) is 18.3. The van der Waals surface area contributed by atoms with Gasteiger partial charge in [0.1, 0.15) is 6.04 Å². The summed E-state index contributed by atoms with van der Waals surface area (Å²) in [7, 11) is 0. The maximum atomic E-state index is 12.3. The molecular weight excluding hydrogens is 334 g/mol. The third-order valence-corrected chi connectivity index (χ3v) is 6.73. The maximum absolute atomic E-state index is 12.3. The fourth-order valence-electron chi connectivity index (χ4n) is 5.89. The molecule has 1 atom stereocenters. The van der Waals surface area contributed by atoms with Gasteiger partial charge in [-0.2, -0.15) is 0 Å². The second kappa shape index (κ2) is 6.74. The van der Waals surface area contributed by atoms with E-state index in [1.54, 1.807) is 0 Å². The Morgan fingerprint density at radius 1 is 1.00 bits per heavy atom. The van der Waals surface area contributed by atoms with E-state index in [0.717, 1.165) is 49.9 Å².